The van der Waals surface area contributed by atoms with Crippen molar-refractivity contribution in [2.24, 2.45) is 0 Å². The van der Waals surface area contributed by atoms with E-state index in [-0.39, 0.29) is 34.8 Å². The molecule has 106 valence electrons. The van der Waals surface area contributed by atoms with Crippen LogP contribution in [0.4, 0.5) is 5.95 Å². The highest BCUT2D eigenvalue weighted by atomic mass is 35.5. The number of halogens is 1. The minimum absolute atomic E-state index is 0.0180. The molecule has 2 rings (SSSR count). The van der Waals surface area contributed by atoms with Gasteiger partial charge in [-0.25, -0.2) is 8.42 Å². The Bertz CT molecular complexity index is 552. The predicted octanol–water partition coefficient (Wildman–Crippen LogP) is 0.913. The van der Waals surface area contributed by atoms with E-state index in [1.807, 2.05) is 6.92 Å². The molecule has 0 amide bonds. The fourth-order valence-corrected chi connectivity index (χ4v) is 3.57. The zero-order valence-corrected chi connectivity index (χ0v) is 12.0. The number of nitrogens with zero attached hydrogens (tertiary/aromatic N) is 3. The summed E-state index contributed by atoms with van der Waals surface area (Å²) in [7, 11) is -2.95. The van der Waals surface area contributed by atoms with Gasteiger partial charge < -0.3 is 10.1 Å². The van der Waals surface area contributed by atoms with Crippen molar-refractivity contribution in [1.82, 2.24) is 15.0 Å². The molecule has 0 bridgehead atoms. The van der Waals surface area contributed by atoms with Gasteiger partial charge in [0.2, 0.25) is 11.2 Å². The average Bonchev–Trinajstić information content (AvgIpc) is 2.65. The second-order valence-electron chi connectivity index (χ2n) is 4.30. The van der Waals surface area contributed by atoms with Crippen molar-refractivity contribution in [2.75, 3.05) is 23.4 Å². The maximum absolute atomic E-state index is 11.4. The molecule has 0 aliphatic carbocycles. The van der Waals surface area contributed by atoms with Crippen LogP contribution in [0.25, 0.3) is 0 Å². The van der Waals surface area contributed by atoms with Gasteiger partial charge in [-0.1, -0.05) is 6.92 Å². The molecule has 1 N–H and O–H groups in total. The first-order valence-electron chi connectivity index (χ1n) is 6.00. The number of sulfone groups is 1. The maximum atomic E-state index is 11.4. The quantitative estimate of drug-likeness (QED) is 0.864. The molecule has 9 heteroatoms. The number of anilines is 1. The SMILES string of the molecule is CCCOc1nc(Cl)nc(NC2CCS(=O)(=O)C2)n1. The molecule has 0 aromatic carbocycles. The summed E-state index contributed by atoms with van der Waals surface area (Å²) in [5.41, 5.74) is 0. The largest absolute Gasteiger partial charge is 0.463 e. The molecule has 1 atom stereocenters. The van der Waals surface area contributed by atoms with Gasteiger partial charge in [-0.15, -0.1) is 0 Å². The van der Waals surface area contributed by atoms with Crippen LogP contribution in [0.2, 0.25) is 5.28 Å². The maximum Gasteiger partial charge on any atom is 0.322 e. The summed E-state index contributed by atoms with van der Waals surface area (Å²) in [6.45, 7) is 2.45. The molecule has 1 aliphatic heterocycles. The summed E-state index contributed by atoms with van der Waals surface area (Å²) >= 11 is 5.77. The zero-order chi connectivity index (χ0) is 13.9. The van der Waals surface area contributed by atoms with Crippen molar-refractivity contribution in [3.63, 3.8) is 0 Å². The van der Waals surface area contributed by atoms with E-state index in [1.54, 1.807) is 0 Å². The standard InChI is InChI=1S/C10H15ClN4O3S/c1-2-4-18-10-14-8(11)13-9(15-10)12-7-3-5-19(16,17)6-7/h7H,2-6H2,1H3,(H,12,13,14,15). The van der Waals surface area contributed by atoms with Crippen molar-refractivity contribution < 1.29 is 13.2 Å². The summed E-state index contributed by atoms with van der Waals surface area (Å²) in [5.74, 6) is 0.512. The topological polar surface area (TPSA) is 94.1 Å². The Kier molecular flexibility index (Phi) is 4.41. The van der Waals surface area contributed by atoms with Gasteiger partial charge in [-0.2, -0.15) is 15.0 Å². The Morgan fingerprint density at radius 1 is 1.42 bits per heavy atom. The first kappa shape index (κ1) is 14.3. The zero-order valence-electron chi connectivity index (χ0n) is 10.5. The third-order valence-corrected chi connectivity index (χ3v) is 4.53. The highest BCUT2D eigenvalue weighted by Crippen LogP contribution is 2.17. The minimum Gasteiger partial charge on any atom is -0.463 e. The summed E-state index contributed by atoms with van der Waals surface area (Å²) in [6.07, 6.45) is 1.36. The monoisotopic (exact) mass is 306 g/mol. The van der Waals surface area contributed by atoms with Gasteiger partial charge in [0.1, 0.15) is 0 Å². The Morgan fingerprint density at radius 3 is 2.84 bits per heavy atom. The molecule has 19 heavy (non-hydrogen) atoms. The lowest BCUT2D eigenvalue weighted by atomic mass is 10.3. The van der Waals surface area contributed by atoms with E-state index in [1.165, 1.54) is 0 Å². The molecule has 0 radical (unpaired) electrons. The smallest absolute Gasteiger partial charge is 0.322 e. The van der Waals surface area contributed by atoms with E-state index in [0.29, 0.717) is 13.0 Å². The van der Waals surface area contributed by atoms with Crippen LogP contribution in [0.1, 0.15) is 19.8 Å². The van der Waals surface area contributed by atoms with Gasteiger partial charge >= 0.3 is 6.01 Å². The molecule has 1 aromatic rings. The molecule has 7 nitrogen and oxygen atoms in total. The van der Waals surface area contributed by atoms with E-state index in [9.17, 15) is 8.42 Å². The van der Waals surface area contributed by atoms with Gasteiger partial charge in [-0.05, 0) is 24.4 Å². The fourth-order valence-electron chi connectivity index (χ4n) is 1.75. The van der Waals surface area contributed by atoms with Crippen LogP contribution in [0, 0.1) is 0 Å². The Morgan fingerprint density at radius 2 is 2.21 bits per heavy atom. The van der Waals surface area contributed by atoms with Crippen LogP contribution >= 0.6 is 11.6 Å². The molecule has 1 aliphatic rings. The molecular weight excluding hydrogens is 292 g/mol. The van der Waals surface area contributed by atoms with Crippen molar-refractivity contribution in [1.29, 1.82) is 0 Å². The van der Waals surface area contributed by atoms with Gasteiger partial charge in [0.05, 0.1) is 18.1 Å². The third kappa shape index (κ3) is 4.17. The van der Waals surface area contributed by atoms with Gasteiger partial charge in [0, 0.05) is 6.04 Å². The third-order valence-electron chi connectivity index (χ3n) is 2.59. The molecule has 1 unspecified atom stereocenters. The van der Waals surface area contributed by atoms with Gasteiger partial charge in [0.25, 0.3) is 0 Å². The van der Waals surface area contributed by atoms with Crippen LogP contribution in [-0.2, 0) is 9.84 Å². The molecule has 2 heterocycles. The molecule has 0 saturated carbocycles. The predicted molar refractivity (Wildman–Crippen MR) is 71.3 cm³/mol. The molecule has 1 fully saturated rings. The Labute approximate surface area is 116 Å². The number of nitrogens with one attached hydrogen (secondary N) is 1. The van der Waals surface area contributed by atoms with Crippen LogP contribution in [-0.4, -0.2) is 47.5 Å². The second-order valence-corrected chi connectivity index (χ2v) is 6.87. The molecular formula is C10H15ClN4O3S. The van der Waals surface area contributed by atoms with Gasteiger partial charge in [0.15, 0.2) is 9.84 Å². The molecule has 1 saturated heterocycles. The number of hydrogen-bond acceptors (Lipinski definition) is 7. The van der Waals surface area contributed by atoms with E-state index in [4.69, 9.17) is 16.3 Å². The summed E-state index contributed by atoms with van der Waals surface area (Å²) in [4.78, 5) is 11.8. The van der Waals surface area contributed by atoms with E-state index < -0.39 is 9.84 Å². The first-order valence-corrected chi connectivity index (χ1v) is 8.20. The second kappa shape index (κ2) is 5.87. The van der Waals surface area contributed by atoms with E-state index >= 15 is 0 Å². The Balaban J connectivity index is 2.06. The molecule has 1 aromatic heterocycles. The highest BCUT2D eigenvalue weighted by molar-refractivity contribution is 7.91. The van der Waals surface area contributed by atoms with Crippen molar-refractivity contribution >= 4 is 27.4 Å². The number of hydrogen-bond donors (Lipinski definition) is 1. The fraction of sp³-hybridized carbons (Fsp3) is 0.700. The van der Waals surface area contributed by atoms with Crippen molar-refractivity contribution in [3.05, 3.63) is 5.28 Å². The lowest BCUT2D eigenvalue weighted by molar-refractivity contribution is 0.291. The van der Waals surface area contributed by atoms with Crippen LogP contribution in [0.15, 0.2) is 0 Å². The minimum atomic E-state index is -2.95. The summed E-state index contributed by atoms with van der Waals surface area (Å²) in [6, 6.07) is -0.0484. The highest BCUT2D eigenvalue weighted by Gasteiger charge is 2.28. The molecule has 0 spiro atoms. The van der Waals surface area contributed by atoms with Crippen LogP contribution in [0.5, 0.6) is 6.01 Å². The Hall–Kier alpha value is -1.15. The number of aromatic nitrogens is 3. The van der Waals surface area contributed by atoms with E-state index in [2.05, 4.69) is 20.3 Å². The normalized spacial score (nSPS) is 21.3. The van der Waals surface area contributed by atoms with Crippen LogP contribution < -0.4 is 10.1 Å². The summed E-state index contributed by atoms with van der Waals surface area (Å²) in [5, 5.41) is 2.97. The van der Waals surface area contributed by atoms with E-state index in [0.717, 1.165) is 6.42 Å². The van der Waals surface area contributed by atoms with Crippen molar-refractivity contribution in [3.8, 4) is 6.01 Å². The average molecular weight is 307 g/mol. The summed E-state index contributed by atoms with van der Waals surface area (Å²) < 4.78 is 28.0. The number of rotatable bonds is 5. The number of ether oxygens (including phenoxy) is 1. The lowest BCUT2D eigenvalue weighted by Crippen LogP contribution is -2.22. The van der Waals surface area contributed by atoms with Crippen molar-refractivity contribution in [2.45, 2.75) is 25.8 Å². The lowest BCUT2D eigenvalue weighted by Gasteiger charge is -2.11. The first-order chi connectivity index (χ1) is 8.98. The van der Waals surface area contributed by atoms with Gasteiger partial charge in [-0.3, -0.25) is 0 Å². The van der Waals surface area contributed by atoms with Crippen LogP contribution in [0.3, 0.4) is 0 Å².